The van der Waals surface area contributed by atoms with Crippen molar-refractivity contribution in [2.75, 3.05) is 18.6 Å². The minimum absolute atomic E-state index is 0.0343. The van der Waals surface area contributed by atoms with Crippen molar-refractivity contribution in [2.45, 2.75) is 30.0 Å². The second kappa shape index (κ2) is 8.69. The fourth-order valence-electron chi connectivity index (χ4n) is 2.67. The number of nitrogens with zero attached hydrogens (tertiary/aromatic N) is 4. The van der Waals surface area contributed by atoms with Crippen LogP contribution in [-0.2, 0) is 23.4 Å². The van der Waals surface area contributed by atoms with Gasteiger partial charge >= 0.3 is 14.2 Å². The lowest BCUT2D eigenvalue weighted by Gasteiger charge is -2.18. The standard InChI is InChI=1S/C13H18N5O8PS/c1-24-12(21)13(26-27(22)23)28-2-5-7(19)8(20)11(25-5)18-4-17-6-9(14)15-3-16-10(6)18/h3-5,7-8,11,13,19-20,27H,2H2,1H3,(H,22,23)(H2,14,15,16)/t5-,7-,8-,11-,13?/m1/s1. The number of thioether (sulfide) groups is 1. The third-order valence-corrected chi connectivity index (χ3v) is 5.73. The molecule has 3 heterocycles. The molecule has 2 unspecified atom stereocenters. The Morgan fingerprint density at radius 2 is 2.18 bits per heavy atom. The minimum Gasteiger partial charge on any atom is -0.466 e. The van der Waals surface area contributed by atoms with Gasteiger partial charge < -0.3 is 30.3 Å². The van der Waals surface area contributed by atoms with Gasteiger partial charge in [0, 0.05) is 5.75 Å². The number of aromatic nitrogens is 4. The van der Waals surface area contributed by atoms with Gasteiger partial charge in [0.1, 0.15) is 24.1 Å². The van der Waals surface area contributed by atoms with Gasteiger partial charge in [0.15, 0.2) is 17.7 Å². The smallest absolute Gasteiger partial charge is 0.346 e. The van der Waals surface area contributed by atoms with E-state index in [-0.39, 0.29) is 11.6 Å². The topological polar surface area (TPSA) is 192 Å². The van der Waals surface area contributed by atoms with E-state index < -0.39 is 44.2 Å². The lowest BCUT2D eigenvalue weighted by Crippen LogP contribution is -2.33. The fourth-order valence-corrected chi connectivity index (χ4v) is 4.34. The summed E-state index contributed by atoms with van der Waals surface area (Å²) in [7, 11) is -2.29. The number of aliphatic hydroxyl groups is 2. The van der Waals surface area contributed by atoms with Crippen LogP contribution in [0.4, 0.5) is 5.82 Å². The summed E-state index contributed by atoms with van der Waals surface area (Å²) in [6, 6.07) is 0. The van der Waals surface area contributed by atoms with Gasteiger partial charge in [-0.2, -0.15) is 0 Å². The monoisotopic (exact) mass is 435 g/mol. The van der Waals surface area contributed by atoms with E-state index in [9.17, 15) is 19.6 Å². The predicted molar refractivity (Wildman–Crippen MR) is 96.2 cm³/mol. The Morgan fingerprint density at radius 3 is 2.86 bits per heavy atom. The summed E-state index contributed by atoms with van der Waals surface area (Å²) in [4.78, 5) is 32.5. The third kappa shape index (κ3) is 4.12. The highest BCUT2D eigenvalue weighted by Gasteiger charge is 2.44. The molecule has 154 valence electrons. The summed E-state index contributed by atoms with van der Waals surface area (Å²) in [5.41, 5.74) is 4.99. The van der Waals surface area contributed by atoms with Crippen molar-refractivity contribution in [1.29, 1.82) is 0 Å². The van der Waals surface area contributed by atoms with E-state index in [1.165, 1.54) is 17.2 Å². The number of anilines is 1. The van der Waals surface area contributed by atoms with Crippen LogP contribution in [0.1, 0.15) is 6.23 Å². The average molecular weight is 435 g/mol. The Bertz CT molecular complexity index is 884. The maximum absolute atomic E-state index is 11.6. The van der Waals surface area contributed by atoms with E-state index in [2.05, 4.69) is 24.2 Å². The Labute approximate surface area is 162 Å². The second-order valence-corrected chi connectivity index (χ2v) is 7.56. The first-order valence-electron chi connectivity index (χ1n) is 7.87. The molecule has 0 aromatic carbocycles. The predicted octanol–water partition coefficient (Wildman–Crippen LogP) is -1.34. The quantitative estimate of drug-likeness (QED) is 0.227. The minimum atomic E-state index is -3.39. The van der Waals surface area contributed by atoms with Crippen molar-refractivity contribution in [3.05, 3.63) is 12.7 Å². The van der Waals surface area contributed by atoms with Gasteiger partial charge in [-0.25, -0.2) is 19.7 Å². The van der Waals surface area contributed by atoms with Crippen LogP contribution >= 0.6 is 20.0 Å². The Kier molecular flexibility index (Phi) is 6.50. The number of carbonyl (C=O) groups excluding carboxylic acids is 1. The van der Waals surface area contributed by atoms with E-state index in [0.717, 1.165) is 18.9 Å². The van der Waals surface area contributed by atoms with Crippen LogP contribution in [0.15, 0.2) is 12.7 Å². The fraction of sp³-hybridized carbons (Fsp3) is 0.538. The summed E-state index contributed by atoms with van der Waals surface area (Å²) in [5.74, 6) is -0.746. The number of nitrogens with two attached hydrogens (primary N) is 1. The molecule has 0 bridgehead atoms. The molecule has 0 spiro atoms. The number of esters is 1. The van der Waals surface area contributed by atoms with Crippen LogP contribution in [0.3, 0.4) is 0 Å². The zero-order chi connectivity index (χ0) is 20.4. The van der Waals surface area contributed by atoms with Gasteiger partial charge in [0.2, 0.25) is 5.44 Å². The number of methoxy groups -OCH3 is 1. The molecule has 0 aliphatic carbocycles. The van der Waals surface area contributed by atoms with Crippen molar-refractivity contribution >= 4 is 43.0 Å². The van der Waals surface area contributed by atoms with E-state index in [1.807, 2.05) is 0 Å². The molecule has 2 aromatic rings. The van der Waals surface area contributed by atoms with Crippen molar-refractivity contribution < 1.29 is 38.5 Å². The van der Waals surface area contributed by atoms with Crippen molar-refractivity contribution in [2.24, 2.45) is 0 Å². The molecule has 1 aliphatic rings. The van der Waals surface area contributed by atoms with E-state index in [4.69, 9.17) is 15.4 Å². The molecule has 13 nitrogen and oxygen atoms in total. The Hall–Kier alpha value is -1.80. The SMILES string of the molecule is COC(=O)C(O[PH](=O)O)SC[C@H]1O[C@@H](n2cnc3c(N)ncnc32)[C@H](O)[C@@H]1O. The number of hydrogen-bond acceptors (Lipinski definition) is 12. The van der Waals surface area contributed by atoms with Gasteiger partial charge in [0.05, 0.1) is 19.5 Å². The maximum Gasteiger partial charge on any atom is 0.346 e. The number of carbonyl (C=O) groups is 1. The lowest BCUT2D eigenvalue weighted by molar-refractivity contribution is -0.144. The van der Waals surface area contributed by atoms with Gasteiger partial charge in [-0.05, 0) is 0 Å². The number of nitrogen functional groups attached to an aromatic ring is 1. The first-order valence-corrected chi connectivity index (χ1v) is 10.2. The first kappa shape index (κ1) is 20.9. The molecule has 6 atom stereocenters. The number of imidazole rings is 1. The van der Waals surface area contributed by atoms with Crippen molar-refractivity contribution in [3.63, 3.8) is 0 Å². The average Bonchev–Trinajstić information content (AvgIpc) is 3.21. The largest absolute Gasteiger partial charge is 0.466 e. The Balaban J connectivity index is 1.74. The molecule has 5 N–H and O–H groups in total. The van der Waals surface area contributed by atoms with Crippen molar-refractivity contribution in [3.8, 4) is 0 Å². The van der Waals surface area contributed by atoms with Crippen LogP contribution in [0, 0.1) is 0 Å². The van der Waals surface area contributed by atoms with Crippen LogP contribution in [-0.4, -0.2) is 77.2 Å². The van der Waals surface area contributed by atoms with Crippen molar-refractivity contribution in [1.82, 2.24) is 19.5 Å². The molecule has 0 amide bonds. The number of fused-ring (bicyclic) bond motifs is 1. The molecule has 2 aromatic heterocycles. The highest BCUT2D eigenvalue weighted by Crippen LogP contribution is 2.35. The van der Waals surface area contributed by atoms with Gasteiger partial charge in [-0.1, -0.05) is 0 Å². The van der Waals surface area contributed by atoms with Gasteiger partial charge in [-0.15, -0.1) is 11.8 Å². The molecule has 0 saturated carbocycles. The molecular weight excluding hydrogens is 417 g/mol. The van der Waals surface area contributed by atoms with Crippen LogP contribution < -0.4 is 5.73 Å². The zero-order valence-corrected chi connectivity index (χ0v) is 16.2. The molecule has 1 saturated heterocycles. The third-order valence-electron chi connectivity index (χ3n) is 4.01. The highest BCUT2D eigenvalue weighted by atomic mass is 32.2. The summed E-state index contributed by atoms with van der Waals surface area (Å²) < 4.78 is 27.2. The second-order valence-electron chi connectivity index (χ2n) is 5.70. The summed E-state index contributed by atoms with van der Waals surface area (Å²) in [5, 5.41) is 20.7. The summed E-state index contributed by atoms with van der Waals surface area (Å²) in [6.07, 6.45) is -1.99. The maximum atomic E-state index is 11.6. The normalized spacial score (nSPS) is 27.0. The molecule has 1 fully saturated rings. The number of aliphatic hydroxyl groups excluding tert-OH is 2. The van der Waals surface area contributed by atoms with Crippen LogP contribution in [0.2, 0.25) is 0 Å². The van der Waals surface area contributed by atoms with E-state index >= 15 is 0 Å². The van der Waals surface area contributed by atoms with Gasteiger partial charge in [0.25, 0.3) is 0 Å². The zero-order valence-electron chi connectivity index (χ0n) is 14.4. The highest BCUT2D eigenvalue weighted by molar-refractivity contribution is 8.00. The lowest BCUT2D eigenvalue weighted by atomic mass is 10.1. The molecular formula is C13H18N5O8PS. The number of hydrogen-bond donors (Lipinski definition) is 4. The summed E-state index contributed by atoms with van der Waals surface area (Å²) in [6.45, 7) is 0. The number of ether oxygens (including phenoxy) is 2. The molecule has 15 heteroatoms. The molecule has 1 aliphatic heterocycles. The van der Waals surface area contributed by atoms with E-state index in [0.29, 0.717) is 11.2 Å². The van der Waals surface area contributed by atoms with Crippen LogP contribution in [0.5, 0.6) is 0 Å². The van der Waals surface area contributed by atoms with E-state index in [1.54, 1.807) is 0 Å². The number of rotatable bonds is 7. The first-order chi connectivity index (χ1) is 13.3. The molecule has 0 radical (unpaired) electrons. The van der Waals surface area contributed by atoms with Gasteiger partial charge in [-0.3, -0.25) is 13.7 Å². The Morgan fingerprint density at radius 1 is 1.43 bits per heavy atom. The molecule has 28 heavy (non-hydrogen) atoms. The summed E-state index contributed by atoms with van der Waals surface area (Å²) >= 11 is 0.793. The molecule has 3 rings (SSSR count). The van der Waals surface area contributed by atoms with Crippen LogP contribution in [0.25, 0.3) is 11.2 Å².